The topological polar surface area (TPSA) is 49.6 Å². The number of halogens is 1. The predicted octanol–water partition coefficient (Wildman–Crippen LogP) is 2.87. The molecule has 1 saturated heterocycles. The third kappa shape index (κ3) is 3.69. The van der Waals surface area contributed by atoms with Crippen LogP contribution in [-0.2, 0) is 0 Å². The third-order valence-corrected chi connectivity index (χ3v) is 4.56. The molecule has 1 heterocycles. The number of nitrogen functional groups attached to an aromatic ring is 1. The first kappa shape index (κ1) is 16.1. The van der Waals surface area contributed by atoms with Gasteiger partial charge >= 0.3 is 0 Å². The zero-order valence-corrected chi connectivity index (χ0v) is 13.6. The van der Waals surface area contributed by atoms with Crippen LogP contribution in [0.1, 0.15) is 37.0 Å². The first-order valence-corrected chi connectivity index (χ1v) is 8.03. The predicted molar refractivity (Wildman–Crippen MR) is 87.7 cm³/mol. The molecule has 0 spiro atoms. The standard InChI is InChI=1S/C16H24ClN3O/c1-3-19(4-2)13-7-9-20(10-8-13)16(21)14-11-12(17)5-6-15(14)18/h5-6,11,13H,3-4,7-10,18H2,1-2H3. The summed E-state index contributed by atoms with van der Waals surface area (Å²) in [6.45, 7) is 8.08. The molecule has 4 nitrogen and oxygen atoms in total. The molecule has 0 atom stereocenters. The maximum absolute atomic E-state index is 12.6. The molecule has 1 aromatic carbocycles. The van der Waals surface area contributed by atoms with E-state index < -0.39 is 0 Å². The summed E-state index contributed by atoms with van der Waals surface area (Å²) in [7, 11) is 0. The highest BCUT2D eigenvalue weighted by atomic mass is 35.5. The lowest BCUT2D eigenvalue weighted by Gasteiger charge is -2.37. The van der Waals surface area contributed by atoms with Crippen molar-refractivity contribution in [2.24, 2.45) is 0 Å². The summed E-state index contributed by atoms with van der Waals surface area (Å²) >= 11 is 5.97. The van der Waals surface area contributed by atoms with Crippen molar-refractivity contribution in [1.82, 2.24) is 9.80 Å². The van der Waals surface area contributed by atoms with Gasteiger partial charge in [-0.15, -0.1) is 0 Å². The normalized spacial score (nSPS) is 16.5. The molecular formula is C16H24ClN3O. The van der Waals surface area contributed by atoms with Crippen LogP contribution in [0.5, 0.6) is 0 Å². The molecular weight excluding hydrogens is 286 g/mol. The van der Waals surface area contributed by atoms with Gasteiger partial charge in [-0.1, -0.05) is 25.4 Å². The van der Waals surface area contributed by atoms with Crippen molar-refractivity contribution in [3.8, 4) is 0 Å². The van der Waals surface area contributed by atoms with E-state index in [1.54, 1.807) is 18.2 Å². The van der Waals surface area contributed by atoms with Gasteiger partial charge in [-0.2, -0.15) is 0 Å². The van der Waals surface area contributed by atoms with Crippen molar-refractivity contribution < 1.29 is 4.79 Å². The minimum atomic E-state index is -0.00648. The third-order valence-electron chi connectivity index (χ3n) is 4.33. The molecule has 1 aliphatic rings. The van der Waals surface area contributed by atoms with Gasteiger partial charge in [0, 0.05) is 29.8 Å². The Bertz CT molecular complexity index is 494. The second kappa shape index (κ2) is 7.14. The molecule has 1 amide bonds. The highest BCUT2D eigenvalue weighted by molar-refractivity contribution is 6.31. The molecule has 0 unspecified atom stereocenters. The first-order chi connectivity index (χ1) is 10.1. The van der Waals surface area contributed by atoms with Crippen LogP contribution < -0.4 is 5.73 Å². The second-order valence-corrected chi connectivity index (χ2v) is 5.91. The second-order valence-electron chi connectivity index (χ2n) is 5.48. The van der Waals surface area contributed by atoms with Gasteiger partial charge in [0.15, 0.2) is 0 Å². The lowest BCUT2D eigenvalue weighted by Crippen LogP contribution is -2.46. The number of nitrogens with two attached hydrogens (primary N) is 1. The largest absolute Gasteiger partial charge is 0.398 e. The number of hydrogen-bond acceptors (Lipinski definition) is 3. The van der Waals surface area contributed by atoms with Crippen molar-refractivity contribution in [3.63, 3.8) is 0 Å². The molecule has 5 heteroatoms. The van der Waals surface area contributed by atoms with Crippen LogP contribution in [-0.4, -0.2) is 47.9 Å². The number of anilines is 1. The SMILES string of the molecule is CCN(CC)C1CCN(C(=O)c2cc(Cl)ccc2N)CC1. The molecule has 2 rings (SSSR count). The van der Waals surface area contributed by atoms with Crippen molar-refractivity contribution in [2.75, 3.05) is 31.9 Å². The van der Waals surface area contributed by atoms with E-state index >= 15 is 0 Å². The Balaban J connectivity index is 2.02. The van der Waals surface area contributed by atoms with Crippen molar-refractivity contribution >= 4 is 23.2 Å². The van der Waals surface area contributed by atoms with Gasteiger partial charge in [0.25, 0.3) is 5.91 Å². The van der Waals surface area contributed by atoms with Gasteiger partial charge in [0.2, 0.25) is 0 Å². The molecule has 1 fully saturated rings. The summed E-state index contributed by atoms with van der Waals surface area (Å²) in [5.41, 5.74) is 6.91. The number of likely N-dealkylation sites (tertiary alicyclic amines) is 1. The maximum atomic E-state index is 12.6. The van der Waals surface area contributed by atoms with E-state index in [1.807, 2.05) is 4.90 Å². The highest BCUT2D eigenvalue weighted by Gasteiger charge is 2.27. The number of nitrogens with zero attached hydrogens (tertiary/aromatic N) is 2. The number of rotatable bonds is 4. The number of benzene rings is 1. The van der Waals surface area contributed by atoms with E-state index in [-0.39, 0.29) is 5.91 Å². The molecule has 0 aromatic heterocycles. The van der Waals surface area contributed by atoms with Gasteiger partial charge in [-0.25, -0.2) is 0 Å². The zero-order chi connectivity index (χ0) is 15.4. The van der Waals surface area contributed by atoms with E-state index in [1.165, 1.54) is 0 Å². The lowest BCUT2D eigenvalue weighted by molar-refractivity contribution is 0.0632. The molecule has 1 aliphatic heterocycles. The van der Waals surface area contributed by atoms with Crippen LogP contribution >= 0.6 is 11.6 Å². The van der Waals surface area contributed by atoms with Crippen molar-refractivity contribution in [3.05, 3.63) is 28.8 Å². The minimum absolute atomic E-state index is 0.00648. The van der Waals surface area contributed by atoms with Gasteiger partial charge in [0.05, 0.1) is 5.56 Å². The van der Waals surface area contributed by atoms with Crippen molar-refractivity contribution in [1.29, 1.82) is 0 Å². The Kier molecular flexibility index (Phi) is 5.48. The van der Waals surface area contributed by atoms with E-state index in [9.17, 15) is 4.79 Å². The summed E-state index contributed by atoms with van der Waals surface area (Å²) in [5.74, 6) is -0.00648. The molecule has 116 valence electrons. The minimum Gasteiger partial charge on any atom is -0.398 e. The van der Waals surface area contributed by atoms with Gasteiger partial charge < -0.3 is 15.5 Å². The quantitative estimate of drug-likeness (QED) is 0.870. The average Bonchev–Trinajstić information content (AvgIpc) is 2.51. The lowest BCUT2D eigenvalue weighted by atomic mass is 10.0. The van der Waals surface area contributed by atoms with Crippen LogP contribution in [0.3, 0.4) is 0 Å². The molecule has 2 N–H and O–H groups in total. The number of carbonyl (C=O) groups is 1. The number of piperidine rings is 1. The number of carbonyl (C=O) groups excluding carboxylic acids is 1. The summed E-state index contributed by atoms with van der Waals surface area (Å²) in [5, 5.41) is 0.547. The molecule has 21 heavy (non-hydrogen) atoms. The molecule has 0 radical (unpaired) electrons. The smallest absolute Gasteiger partial charge is 0.255 e. The van der Waals surface area contributed by atoms with E-state index in [4.69, 9.17) is 17.3 Å². The van der Waals surface area contributed by atoms with Gasteiger partial charge in [-0.3, -0.25) is 4.79 Å². The van der Waals surface area contributed by atoms with Gasteiger partial charge in [0.1, 0.15) is 0 Å². The van der Waals surface area contributed by atoms with Gasteiger partial charge in [-0.05, 0) is 44.1 Å². The Labute approximate surface area is 131 Å². The molecule has 1 aromatic rings. The van der Waals surface area contributed by atoms with Crippen molar-refractivity contribution in [2.45, 2.75) is 32.7 Å². The number of hydrogen-bond donors (Lipinski definition) is 1. The van der Waals surface area contributed by atoms with Crippen LogP contribution in [0, 0.1) is 0 Å². The van der Waals surface area contributed by atoms with Crippen LogP contribution in [0.2, 0.25) is 5.02 Å². The molecule has 0 aliphatic carbocycles. The van der Waals surface area contributed by atoms with Crippen LogP contribution in [0.25, 0.3) is 0 Å². The fourth-order valence-electron chi connectivity index (χ4n) is 3.06. The van der Waals surface area contributed by atoms with Crippen LogP contribution in [0.15, 0.2) is 18.2 Å². The number of amides is 1. The Hall–Kier alpha value is -1.26. The summed E-state index contributed by atoms with van der Waals surface area (Å²) in [6, 6.07) is 5.65. The summed E-state index contributed by atoms with van der Waals surface area (Å²) in [6.07, 6.45) is 2.04. The molecule has 0 bridgehead atoms. The average molecular weight is 310 g/mol. The monoisotopic (exact) mass is 309 g/mol. The van der Waals surface area contributed by atoms with E-state index in [0.717, 1.165) is 39.0 Å². The summed E-state index contributed by atoms with van der Waals surface area (Å²) < 4.78 is 0. The highest BCUT2D eigenvalue weighted by Crippen LogP contribution is 2.23. The maximum Gasteiger partial charge on any atom is 0.255 e. The van der Waals surface area contributed by atoms with E-state index in [0.29, 0.717) is 22.3 Å². The first-order valence-electron chi connectivity index (χ1n) is 7.65. The fraction of sp³-hybridized carbons (Fsp3) is 0.562. The Morgan fingerprint density at radius 1 is 1.33 bits per heavy atom. The Morgan fingerprint density at radius 3 is 2.52 bits per heavy atom. The van der Waals surface area contributed by atoms with E-state index in [2.05, 4.69) is 18.7 Å². The summed E-state index contributed by atoms with van der Waals surface area (Å²) in [4.78, 5) is 16.9. The fourth-order valence-corrected chi connectivity index (χ4v) is 3.23. The van der Waals surface area contributed by atoms with Crippen LogP contribution in [0.4, 0.5) is 5.69 Å². The molecule has 0 saturated carbocycles. The Morgan fingerprint density at radius 2 is 1.95 bits per heavy atom. The zero-order valence-electron chi connectivity index (χ0n) is 12.8.